The van der Waals surface area contributed by atoms with Crippen molar-refractivity contribution in [1.82, 2.24) is 5.32 Å². The van der Waals surface area contributed by atoms with Crippen molar-refractivity contribution in [1.29, 1.82) is 0 Å². The Bertz CT molecular complexity index is 242. The highest BCUT2D eigenvalue weighted by molar-refractivity contribution is 5.91. The highest BCUT2D eigenvalue weighted by Gasteiger charge is 2.27. The molecule has 0 saturated carbocycles. The molecule has 0 rings (SSSR count). The van der Waals surface area contributed by atoms with Gasteiger partial charge in [0, 0.05) is 13.1 Å². The van der Waals surface area contributed by atoms with E-state index < -0.39 is 5.54 Å². The second-order valence-corrected chi connectivity index (χ2v) is 2.51. The van der Waals surface area contributed by atoms with Crippen LogP contribution in [0.2, 0.25) is 0 Å². The Morgan fingerprint density at radius 3 is 2.77 bits per heavy atom. The van der Waals surface area contributed by atoms with Crippen LogP contribution in [0.15, 0.2) is 12.2 Å². The number of carbonyl (C=O) groups is 1. The molecule has 0 fully saturated rings. The molecule has 0 aliphatic heterocycles. The van der Waals surface area contributed by atoms with Crippen LogP contribution in [0, 0.1) is 12.3 Å². The molecule has 0 bridgehead atoms. The van der Waals surface area contributed by atoms with Gasteiger partial charge in [-0.3, -0.25) is 4.79 Å². The summed E-state index contributed by atoms with van der Waals surface area (Å²) in [6.45, 7) is 2.59. The predicted octanol–water partition coefficient (Wildman–Crippen LogP) is -1.03. The Labute approximate surface area is 78.4 Å². The lowest BCUT2D eigenvalue weighted by atomic mass is 10.0. The molecule has 0 aromatic heterocycles. The van der Waals surface area contributed by atoms with Crippen molar-refractivity contribution < 1.29 is 4.79 Å². The van der Waals surface area contributed by atoms with Gasteiger partial charge in [0.05, 0.1) is 0 Å². The third kappa shape index (κ3) is 3.28. The van der Waals surface area contributed by atoms with E-state index in [1.165, 1.54) is 6.08 Å². The number of amides is 1. The minimum absolute atomic E-state index is 0.306. The fourth-order valence-electron chi connectivity index (χ4n) is 0.750. The zero-order valence-electron chi connectivity index (χ0n) is 7.71. The summed E-state index contributed by atoms with van der Waals surface area (Å²) in [5.74, 6) is 1.83. The number of likely N-dealkylation sites (N-methyl/N-ethyl adjacent to an activating group) is 1. The fourth-order valence-corrected chi connectivity index (χ4v) is 0.750. The first-order chi connectivity index (χ1) is 6.10. The van der Waals surface area contributed by atoms with Crippen LogP contribution in [-0.4, -0.2) is 24.5 Å². The Kier molecular flexibility index (Phi) is 4.82. The van der Waals surface area contributed by atoms with Gasteiger partial charge in [-0.25, -0.2) is 0 Å². The van der Waals surface area contributed by atoms with E-state index in [4.69, 9.17) is 17.9 Å². The van der Waals surface area contributed by atoms with Gasteiger partial charge >= 0.3 is 0 Å². The second-order valence-electron chi connectivity index (χ2n) is 2.51. The first kappa shape index (κ1) is 11.7. The predicted molar refractivity (Wildman–Crippen MR) is 52.6 cm³/mol. The van der Waals surface area contributed by atoms with Gasteiger partial charge in [0.25, 0.3) is 5.91 Å². The maximum atomic E-state index is 11.3. The lowest BCUT2D eigenvalue weighted by molar-refractivity contribution is -0.123. The minimum atomic E-state index is -1.38. The Hall–Kier alpha value is -1.31. The van der Waals surface area contributed by atoms with Crippen LogP contribution in [0.3, 0.4) is 0 Å². The summed E-state index contributed by atoms with van der Waals surface area (Å²) in [5, 5.41) is 2.55. The molecule has 0 aromatic carbocycles. The number of carbonyl (C=O) groups excluding carboxylic acids is 1. The zero-order chi connectivity index (χ0) is 10.3. The number of nitrogens with two attached hydrogens (primary N) is 2. The standard InChI is InChI=1S/C9H15N3O/c1-3-9(11,6-5-7-10)8(13)12-4-2/h1,5-6H,4,7,10-11H2,2H3,(H,12,13). The van der Waals surface area contributed by atoms with Crippen molar-refractivity contribution in [2.75, 3.05) is 13.1 Å². The average molecular weight is 181 g/mol. The lowest BCUT2D eigenvalue weighted by Crippen LogP contribution is -2.51. The Balaban J connectivity index is 4.55. The Morgan fingerprint density at radius 2 is 2.38 bits per heavy atom. The zero-order valence-corrected chi connectivity index (χ0v) is 7.71. The van der Waals surface area contributed by atoms with Crippen LogP contribution >= 0.6 is 0 Å². The Morgan fingerprint density at radius 1 is 1.77 bits per heavy atom. The number of hydrogen-bond acceptors (Lipinski definition) is 3. The van der Waals surface area contributed by atoms with Crippen LogP contribution in [0.5, 0.6) is 0 Å². The largest absolute Gasteiger partial charge is 0.354 e. The number of hydrogen-bond donors (Lipinski definition) is 3. The average Bonchev–Trinajstić information content (AvgIpc) is 2.14. The molecule has 0 saturated heterocycles. The molecular weight excluding hydrogens is 166 g/mol. The molecule has 4 heteroatoms. The number of terminal acetylenes is 1. The summed E-state index contributed by atoms with van der Waals surface area (Å²) in [7, 11) is 0. The molecule has 1 unspecified atom stereocenters. The molecule has 0 spiro atoms. The molecule has 72 valence electrons. The van der Waals surface area contributed by atoms with E-state index in [1.807, 2.05) is 0 Å². The van der Waals surface area contributed by atoms with Crippen LogP contribution in [0.1, 0.15) is 6.92 Å². The molecule has 1 amide bonds. The SMILES string of the molecule is C#CC(N)(C=CCN)C(=O)NCC. The summed E-state index contributed by atoms with van der Waals surface area (Å²) < 4.78 is 0. The summed E-state index contributed by atoms with van der Waals surface area (Å²) in [4.78, 5) is 11.3. The third-order valence-electron chi connectivity index (χ3n) is 1.47. The molecule has 0 aliphatic rings. The normalized spacial score (nSPS) is 14.9. The van der Waals surface area contributed by atoms with E-state index in [0.717, 1.165) is 0 Å². The molecule has 0 aromatic rings. The van der Waals surface area contributed by atoms with E-state index in [2.05, 4.69) is 11.2 Å². The quantitative estimate of drug-likeness (QED) is 0.383. The van der Waals surface area contributed by atoms with Crippen LogP contribution in [-0.2, 0) is 4.79 Å². The first-order valence-corrected chi connectivity index (χ1v) is 4.03. The highest BCUT2D eigenvalue weighted by Crippen LogP contribution is 2.00. The van der Waals surface area contributed by atoms with Crippen molar-refractivity contribution in [3.05, 3.63) is 12.2 Å². The molecular formula is C9H15N3O. The lowest BCUT2D eigenvalue weighted by Gasteiger charge is -2.17. The van der Waals surface area contributed by atoms with E-state index in [1.54, 1.807) is 13.0 Å². The van der Waals surface area contributed by atoms with Crippen molar-refractivity contribution in [2.24, 2.45) is 11.5 Å². The van der Waals surface area contributed by atoms with E-state index in [-0.39, 0.29) is 5.91 Å². The van der Waals surface area contributed by atoms with Crippen LogP contribution < -0.4 is 16.8 Å². The number of rotatable bonds is 4. The second kappa shape index (κ2) is 5.36. The summed E-state index contributed by atoms with van der Waals surface area (Å²) in [6.07, 6.45) is 8.14. The van der Waals surface area contributed by atoms with Crippen LogP contribution in [0.25, 0.3) is 0 Å². The molecule has 0 heterocycles. The highest BCUT2D eigenvalue weighted by atomic mass is 16.2. The van der Waals surface area contributed by atoms with Gasteiger partial charge in [0.1, 0.15) is 0 Å². The van der Waals surface area contributed by atoms with Crippen molar-refractivity contribution in [2.45, 2.75) is 12.5 Å². The van der Waals surface area contributed by atoms with Crippen LogP contribution in [0.4, 0.5) is 0 Å². The summed E-state index contributed by atoms with van der Waals surface area (Å²) >= 11 is 0. The van der Waals surface area contributed by atoms with Crippen molar-refractivity contribution in [3.8, 4) is 12.3 Å². The van der Waals surface area contributed by atoms with Gasteiger partial charge in [-0.1, -0.05) is 12.0 Å². The van der Waals surface area contributed by atoms with Gasteiger partial charge < -0.3 is 16.8 Å². The minimum Gasteiger partial charge on any atom is -0.354 e. The number of nitrogens with one attached hydrogen (secondary N) is 1. The maximum absolute atomic E-state index is 11.3. The maximum Gasteiger partial charge on any atom is 0.256 e. The third-order valence-corrected chi connectivity index (χ3v) is 1.47. The van der Waals surface area contributed by atoms with Gasteiger partial charge in [-0.15, -0.1) is 6.42 Å². The van der Waals surface area contributed by atoms with E-state index >= 15 is 0 Å². The molecule has 1 atom stereocenters. The molecule has 5 N–H and O–H groups in total. The molecule has 0 radical (unpaired) electrons. The van der Waals surface area contributed by atoms with Gasteiger partial charge in [0.2, 0.25) is 0 Å². The fraction of sp³-hybridized carbons (Fsp3) is 0.444. The smallest absolute Gasteiger partial charge is 0.256 e. The monoisotopic (exact) mass is 181 g/mol. The van der Waals surface area contributed by atoms with Gasteiger partial charge in [-0.05, 0) is 13.0 Å². The van der Waals surface area contributed by atoms with Gasteiger partial charge in [0.15, 0.2) is 5.54 Å². The first-order valence-electron chi connectivity index (χ1n) is 4.03. The topological polar surface area (TPSA) is 81.1 Å². The van der Waals surface area contributed by atoms with Crippen molar-refractivity contribution >= 4 is 5.91 Å². The van der Waals surface area contributed by atoms with E-state index in [9.17, 15) is 4.79 Å². The molecule has 13 heavy (non-hydrogen) atoms. The van der Waals surface area contributed by atoms with Gasteiger partial charge in [-0.2, -0.15) is 0 Å². The summed E-state index contributed by atoms with van der Waals surface area (Å²) in [5.41, 5.74) is 9.46. The van der Waals surface area contributed by atoms with E-state index in [0.29, 0.717) is 13.1 Å². The summed E-state index contributed by atoms with van der Waals surface area (Å²) in [6, 6.07) is 0. The molecule has 0 aliphatic carbocycles. The molecule has 4 nitrogen and oxygen atoms in total. The van der Waals surface area contributed by atoms with Crippen molar-refractivity contribution in [3.63, 3.8) is 0 Å².